The van der Waals surface area contributed by atoms with E-state index in [1.165, 1.54) is 23.5 Å². The van der Waals surface area contributed by atoms with Crippen LogP contribution in [0, 0.1) is 12.7 Å². The van der Waals surface area contributed by atoms with E-state index in [0.717, 1.165) is 5.56 Å². The smallest absolute Gasteiger partial charge is 0.123 e. The van der Waals surface area contributed by atoms with Crippen molar-refractivity contribution in [3.05, 3.63) is 56.5 Å². The third-order valence-corrected chi connectivity index (χ3v) is 3.83. The van der Waals surface area contributed by atoms with E-state index in [1.807, 2.05) is 5.38 Å². The molecule has 84 valence electrons. The lowest BCUT2D eigenvalue weighted by Gasteiger charge is -2.12. The van der Waals surface area contributed by atoms with Gasteiger partial charge in [0, 0.05) is 0 Å². The van der Waals surface area contributed by atoms with Crippen LogP contribution in [0.4, 0.5) is 4.39 Å². The Hall–Kier alpha value is -0.900. The number of hydrogen-bond acceptors (Lipinski definition) is 2. The van der Waals surface area contributed by atoms with Crippen molar-refractivity contribution >= 4 is 22.9 Å². The summed E-state index contributed by atoms with van der Waals surface area (Å²) in [5, 5.41) is 12.5. The number of aliphatic hydroxyl groups excluding tert-OH is 1. The SMILES string of the molecule is Cc1cc(F)ccc1C(O)c1sccc1Cl. The van der Waals surface area contributed by atoms with Gasteiger partial charge in [0.2, 0.25) is 0 Å². The second-order valence-electron chi connectivity index (χ2n) is 3.54. The lowest BCUT2D eigenvalue weighted by molar-refractivity contribution is 0.223. The molecule has 0 bridgehead atoms. The second-order valence-corrected chi connectivity index (χ2v) is 4.89. The summed E-state index contributed by atoms with van der Waals surface area (Å²) in [7, 11) is 0. The van der Waals surface area contributed by atoms with Crippen molar-refractivity contribution in [1.29, 1.82) is 0 Å². The van der Waals surface area contributed by atoms with Crippen molar-refractivity contribution in [1.82, 2.24) is 0 Å². The average molecular weight is 257 g/mol. The van der Waals surface area contributed by atoms with Gasteiger partial charge >= 0.3 is 0 Å². The molecule has 1 aromatic carbocycles. The second kappa shape index (κ2) is 4.53. The molecule has 0 aliphatic heterocycles. The molecule has 1 unspecified atom stereocenters. The fourth-order valence-corrected chi connectivity index (χ4v) is 2.75. The molecular weight excluding hydrogens is 247 g/mol. The Labute approximate surface area is 102 Å². The molecule has 0 amide bonds. The Morgan fingerprint density at radius 2 is 2.12 bits per heavy atom. The number of hydrogen-bond donors (Lipinski definition) is 1. The molecular formula is C12H10ClFOS. The standard InChI is InChI=1S/C12H10ClFOS/c1-7-6-8(14)2-3-9(7)11(15)12-10(13)4-5-16-12/h2-6,11,15H,1H3. The first-order valence-electron chi connectivity index (χ1n) is 4.76. The van der Waals surface area contributed by atoms with Gasteiger partial charge in [-0.3, -0.25) is 0 Å². The molecule has 0 saturated heterocycles. The van der Waals surface area contributed by atoms with Crippen LogP contribution in [-0.4, -0.2) is 5.11 Å². The van der Waals surface area contributed by atoms with Gasteiger partial charge in [-0.2, -0.15) is 0 Å². The van der Waals surface area contributed by atoms with E-state index in [9.17, 15) is 9.50 Å². The number of benzene rings is 1. The van der Waals surface area contributed by atoms with E-state index >= 15 is 0 Å². The minimum atomic E-state index is -0.784. The molecule has 16 heavy (non-hydrogen) atoms. The van der Waals surface area contributed by atoms with Gasteiger partial charge in [-0.1, -0.05) is 17.7 Å². The highest BCUT2D eigenvalue weighted by atomic mass is 35.5. The van der Waals surface area contributed by atoms with Crippen LogP contribution in [0.1, 0.15) is 22.1 Å². The fourth-order valence-electron chi connectivity index (χ4n) is 1.59. The molecule has 0 aliphatic rings. The van der Waals surface area contributed by atoms with Gasteiger partial charge in [0.1, 0.15) is 11.9 Å². The molecule has 0 spiro atoms. The molecule has 1 N–H and O–H groups in total. The van der Waals surface area contributed by atoms with E-state index in [0.29, 0.717) is 15.5 Å². The highest BCUT2D eigenvalue weighted by Gasteiger charge is 2.17. The van der Waals surface area contributed by atoms with Crippen LogP contribution in [0.2, 0.25) is 5.02 Å². The molecule has 1 atom stereocenters. The largest absolute Gasteiger partial charge is 0.383 e. The number of aliphatic hydroxyl groups is 1. The van der Waals surface area contributed by atoms with E-state index in [-0.39, 0.29) is 5.82 Å². The number of aryl methyl sites for hydroxylation is 1. The van der Waals surface area contributed by atoms with Crippen LogP contribution in [-0.2, 0) is 0 Å². The lowest BCUT2D eigenvalue weighted by Crippen LogP contribution is -2.00. The van der Waals surface area contributed by atoms with Crippen LogP contribution in [0.3, 0.4) is 0 Å². The van der Waals surface area contributed by atoms with Gasteiger partial charge in [0.05, 0.1) is 9.90 Å². The minimum Gasteiger partial charge on any atom is -0.383 e. The Balaban J connectivity index is 2.41. The molecule has 0 fully saturated rings. The minimum absolute atomic E-state index is 0.300. The van der Waals surface area contributed by atoms with E-state index < -0.39 is 6.10 Å². The van der Waals surface area contributed by atoms with E-state index in [4.69, 9.17) is 11.6 Å². The molecule has 0 aliphatic carbocycles. The van der Waals surface area contributed by atoms with Crippen molar-refractivity contribution < 1.29 is 9.50 Å². The van der Waals surface area contributed by atoms with Crippen molar-refractivity contribution in [2.75, 3.05) is 0 Å². The van der Waals surface area contributed by atoms with Gasteiger partial charge in [0.25, 0.3) is 0 Å². The zero-order chi connectivity index (χ0) is 11.7. The quantitative estimate of drug-likeness (QED) is 0.863. The maximum Gasteiger partial charge on any atom is 0.123 e. The summed E-state index contributed by atoms with van der Waals surface area (Å²) in [5.74, 6) is -0.300. The van der Waals surface area contributed by atoms with E-state index in [2.05, 4.69) is 0 Å². The third kappa shape index (κ3) is 2.12. The zero-order valence-electron chi connectivity index (χ0n) is 8.58. The zero-order valence-corrected chi connectivity index (χ0v) is 10.1. The normalized spacial score (nSPS) is 12.8. The summed E-state index contributed by atoms with van der Waals surface area (Å²) in [5.41, 5.74) is 1.41. The van der Waals surface area contributed by atoms with Crippen LogP contribution >= 0.6 is 22.9 Å². The van der Waals surface area contributed by atoms with Gasteiger partial charge in [0.15, 0.2) is 0 Å². The van der Waals surface area contributed by atoms with Crippen molar-refractivity contribution in [3.8, 4) is 0 Å². The van der Waals surface area contributed by atoms with Gasteiger partial charge in [-0.15, -0.1) is 11.3 Å². The number of halogens is 2. The fraction of sp³-hybridized carbons (Fsp3) is 0.167. The summed E-state index contributed by atoms with van der Waals surface area (Å²) >= 11 is 7.33. The van der Waals surface area contributed by atoms with Crippen LogP contribution in [0.25, 0.3) is 0 Å². The van der Waals surface area contributed by atoms with Gasteiger partial charge in [-0.25, -0.2) is 4.39 Å². The summed E-state index contributed by atoms with van der Waals surface area (Å²) < 4.78 is 12.9. The Morgan fingerprint density at radius 1 is 1.38 bits per heavy atom. The van der Waals surface area contributed by atoms with Crippen LogP contribution < -0.4 is 0 Å². The van der Waals surface area contributed by atoms with Crippen molar-refractivity contribution in [3.63, 3.8) is 0 Å². The maximum atomic E-state index is 12.9. The highest BCUT2D eigenvalue weighted by Crippen LogP contribution is 2.34. The summed E-state index contributed by atoms with van der Waals surface area (Å²) in [6, 6.07) is 6.07. The number of thiophene rings is 1. The topological polar surface area (TPSA) is 20.2 Å². The predicted octanol–water partition coefficient (Wildman–Crippen LogP) is 3.93. The van der Waals surface area contributed by atoms with Crippen LogP contribution in [0.5, 0.6) is 0 Å². The Bertz CT molecular complexity index is 509. The summed E-state index contributed by atoms with van der Waals surface area (Å²) in [6.45, 7) is 1.77. The monoisotopic (exact) mass is 256 g/mol. The van der Waals surface area contributed by atoms with Gasteiger partial charge < -0.3 is 5.11 Å². The Kier molecular flexibility index (Phi) is 3.28. The van der Waals surface area contributed by atoms with Crippen molar-refractivity contribution in [2.24, 2.45) is 0 Å². The molecule has 1 heterocycles. The molecule has 4 heteroatoms. The third-order valence-electron chi connectivity index (χ3n) is 2.42. The molecule has 1 nitrogen and oxygen atoms in total. The summed E-state index contributed by atoms with van der Waals surface area (Å²) in [6.07, 6.45) is -0.784. The molecule has 2 rings (SSSR count). The average Bonchev–Trinajstić information content (AvgIpc) is 2.63. The number of rotatable bonds is 2. The first-order valence-corrected chi connectivity index (χ1v) is 6.02. The highest BCUT2D eigenvalue weighted by molar-refractivity contribution is 7.10. The summed E-state index contributed by atoms with van der Waals surface area (Å²) in [4.78, 5) is 0.691. The maximum absolute atomic E-state index is 12.9. The predicted molar refractivity (Wildman–Crippen MR) is 64.5 cm³/mol. The first-order chi connectivity index (χ1) is 7.59. The molecule has 2 aromatic rings. The molecule has 1 aromatic heterocycles. The van der Waals surface area contributed by atoms with E-state index in [1.54, 1.807) is 19.1 Å². The Morgan fingerprint density at radius 3 is 2.69 bits per heavy atom. The van der Waals surface area contributed by atoms with Crippen molar-refractivity contribution in [2.45, 2.75) is 13.0 Å². The molecule has 0 saturated carbocycles. The lowest BCUT2D eigenvalue weighted by atomic mass is 10.0. The molecule has 0 radical (unpaired) electrons. The van der Waals surface area contributed by atoms with Crippen LogP contribution in [0.15, 0.2) is 29.6 Å². The van der Waals surface area contributed by atoms with Gasteiger partial charge in [-0.05, 0) is 41.6 Å². The first kappa shape index (κ1) is 11.6.